The van der Waals surface area contributed by atoms with E-state index in [4.69, 9.17) is 5.26 Å². The molecule has 50 valence electrons. The molecule has 0 bridgehead atoms. The molecule has 1 saturated heterocycles. The fourth-order valence-corrected chi connectivity index (χ4v) is 1.79. The number of hydrogen-bond donors (Lipinski definition) is 1. The predicted molar refractivity (Wildman–Crippen MR) is 41.9 cm³/mol. The van der Waals surface area contributed by atoms with Gasteiger partial charge in [-0.15, -0.1) is 0 Å². The Morgan fingerprint density at radius 2 is 2.56 bits per heavy atom. The number of hydrogen-bond acceptors (Lipinski definition) is 4. The second kappa shape index (κ2) is 3.35. The van der Waals surface area contributed by atoms with Gasteiger partial charge in [-0.1, -0.05) is 11.7 Å². The zero-order valence-corrected chi connectivity index (χ0v) is 6.66. The van der Waals surface area contributed by atoms with Crippen molar-refractivity contribution in [1.82, 2.24) is 4.31 Å². The molecule has 1 heterocycles. The zero-order chi connectivity index (χ0) is 6.69. The molecule has 0 amide bonds. The maximum Gasteiger partial charge on any atom is 0.0670 e. The molecule has 1 rings (SSSR count). The topological polar surface area (TPSA) is 27.0 Å². The molecule has 4 heteroatoms. The second-order valence-electron chi connectivity index (χ2n) is 2.08. The Morgan fingerprint density at radius 3 is 2.89 bits per heavy atom. The van der Waals surface area contributed by atoms with E-state index in [9.17, 15) is 0 Å². The van der Waals surface area contributed by atoms with Crippen molar-refractivity contribution in [3.63, 3.8) is 0 Å². The fraction of sp³-hybridized carbons (Fsp3) is 0.800. The van der Waals surface area contributed by atoms with Gasteiger partial charge in [0.2, 0.25) is 0 Å². The molecule has 2 nitrogen and oxygen atoms in total. The summed E-state index contributed by atoms with van der Waals surface area (Å²) >= 11 is 4.03. The third-order valence-corrected chi connectivity index (χ3v) is 2.70. The summed E-state index contributed by atoms with van der Waals surface area (Å²) in [7, 11) is 1.43. The lowest BCUT2D eigenvalue weighted by atomic mass is 10.1. The lowest BCUT2D eigenvalue weighted by Crippen LogP contribution is -2.08. The largest absolute Gasteiger partial charge is 0.240 e. The molecule has 0 radical (unpaired) electrons. The van der Waals surface area contributed by atoms with Crippen molar-refractivity contribution < 1.29 is 0 Å². The van der Waals surface area contributed by atoms with Gasteiger partial charge in [0.05, 0.1) is 12.0 Å². The molecule has 1 fully saturated rings. The van der Waals surface area contributed by atoms with Gasteiger partial charge in [0.15, 0.2) is 0 Å². The Bertz CT molecular complexity index is 131. The lowest BCUT2D eigenvalue weighted by molar-refractivity contribution is 0.576. The molecule has 0 aromatic carbocycles. The van der Waals surface area contributed by atoms with E-state index < -0.39 is 0 Å². The normalized spacial score (nSPS) is 28.2. The number of rotatable bonds is 1. The predicted octanol–water partition coefficient (Wildman–Crippen LogP) is 1.32. The summed E-state index contributed by atoms with van der Waals surface area (Å²) in [6.45, 7) is 1.89. The average molecular weight is 160 g/mol. The number of nitriles is 1. The first kappa shape index (κ1) is 7.26. The summed E-state index contributed by atoms with van der Waals surface area (Å²) in [5.41, 5.74) is 0. The van der Waals surface area contributed by atoms with E-state index in [0.29, 0.717) is 0 Å². The van der Waals surface area contributed by atoms with E-state index in [1.165, 1.54) is 11.0 Å². The standard InChI is InChI=1S/C5H8N2S2/c6-3-5-1-2-7(4-5)9-8/h5,8H,1-2,4H2. The van der Waals surface area contributed by atoms with Crippen LogP contribution in [0.15, 0.2) is 0 Å². The van der Waals surface area contributed by atoms with Crippen LogP contribution < -0.4 is 0 Å². The summed E-state index contributed by atoms with van der Waals surface area (Å²) in [6, 6.07) is 2.24. The molecule has 1 atom stereocenters. The summed E-state index contributed by atoms with van der Waals surface area (Å²) in [6.07, 6.45) is 1.00. The molecule has 0 spiro atoms. The first-order valence-electron chi connectivity index (χ1n) is 2.83. The lowest BCUT2D eigenvalue weighted by Gasteiger charge is -2.06. The molecule has 0 saturated carbocycles. The van der Waals surface area contributed by atoms with Gasteiger partial charge in [-0.2, -0.15) is 5.26 Å². The molecule has 1 aliphatic rings. The van der Waals surface area contributed by atoms with Crippen molar-refractivity contribution in [3.05, 3.63) is 0 Å². The van der Waals surface area contributed by atoms with Crippen LogP contribution in [0.1, 0.15) is 6.42 Å². The average Bonchev–Trinajstić information content (AvgIpc) is 2.34. The third kappa shape index (κ3) is 1.78. The molecule has 9 heavy (non-hydrogen) atoms. The van der Waals surface area contributed by atoms with Crippen LogP contribution in [0, 0.1) is 17.2 Å². The van der Waals surface area contributed by atoms with Crippen LogP contribution in [0.3, 0.4) is 0 Å². The van der Waals surface area contributed by atoms with Crippen molar-refractivity contribution in [2.75, 3.05) is 13.1 Å². The van der Waals surface area contributed by atoms with Crippen LogP contribution in [0.2, 0.25) is 0 Å². The Morgan fingerprint density at radius 1 is 1.78 bits per heavy atom. The van der Waals surface area contributed by atoms with E-state index in [1.54, 1.807) is 0 Å². The summed E-state index contributed by atoms with van der Waals surface area (Å²) in [5.74, 6) is 0.240. The van der Waals surface area contributed by atoms with E-state index in [2.05, 4.69) is 22.0 Å². The summed E-state index contributed by atoms with van der Waals surface area (Å²) in [5, 5.41) is 8.47. The molecule has 0 aromatic heterocycles. The van der Waals surface area contributed by atoms with E-state index in [1.807, 2.05) is 0 Å². The highest BCUT2D eigenvalue weighted by Gasteiger charge is 2.20. The van der Waals surface area contributed by atoms with Gasteiger partial charge in [-0.05, 0) is 17.4 Å². The van der Waals surface area contributed by atoms with Gasteiger partial charge in [0.1, 0.15) is 0 Å². The fourth-order valence-electron chi connectivity index (χ4n) is 0.908. The van der Waals surface area contributed by atoms with Gasteiger partial charge < -0.3 is 0 Å². The highest BCUT2D eigenvalue weighted by Crippen LogP contribution is 2.24. The minimum atomic E-state index is 0.240. The Kier molecular flexibility index (Phi) is 2.70. The maximum absolute atomic E-state index is 8.47. The zero-order valence-electron chi connectivity index (χ0n) is 4.95. The van der Waals surface area contributed by atoms with Gasteiger partial charge in [-0.3, -0.25) is 0 Å². The number of thiol groups is 1. The highest BCUT2D eigenvalue weighted by atomic mass is 33.1. The number of nitrogens with zero attached hydrogens (tertiary/aromatic N) is 2. The smallest absolute Gasteiger partial charge is 0.0670 e. The van der Waals surface area contributed by atoms with E-state index >= 15 is 0 Å². The molecule has 0 N–H and O–H groups in total. The minimum absolute atomic E-state index is 0.240. The Hall–Kier alpha value is 0.150. The molecular formula is C5H8N2S2. The van der Waals surface area contributed by atoms with E-state index in [-0.39, 0.29) is 5.92 Å². The second-order valence-corrected chi connectivity index (χ2v) is 3.25. The van der Waals surface area contributed by atoms with Gasteiger partial charge in [0.25, 0.3) is 0 Å². The molecule has 0 aliphatic carbocycles. The van der Waals surface area contributed by atoms with Crippen LogP contribution in [-0.4, -0.2) is 17.4 Å². The molecular weight excluding hydrogens is 152 g/mol. The van der Waals surface area contributed by atoms with Gasteiger partial charge in [0, 0.05) is 13.1 Å². The molecule has 1 aliphatic heterocycles. The summed E-state index contributed by atoms with van der Waals surface area (Å²) < 4.78 is 2.09. The quantitative estimate of drug-likeness (QED) is 0.356. The van der Waals surface area contributed by atoms with Crippen LogP contribution in [-0.2, 0) is 0 Å². The monoisotopic (exact) mass is 160 g/mol. The van der Waals surface area contributed by atoms with Crippen molar-refractivity contribution >= 4 is 22.6 Å². The first-order valence-corrected chi connectivity index (χ1v) is 4.65. The summed E-state index contributed by atoms with van der Waals surface area (Å²) in [4.78, 5) is 0. The third-order valence-electron chi connectivity index (χ3n) is 1.45. The molecule has 0 aromatic rings. The van der Waals surface area contributed by atoms with Crippen LogP contribution >= 0.6 is 22.6 Å². The SMILES string of the molecule is N#CC1CCN(SS)C1. The Labute approximate surface area is 64.2 Å². The van der Waals surface area contributed by atoms with Gasteiger partial charge in [-0.25, -0.2) is 4.31 Å². The Balaban J connectivity index is 2.31. The van der Waals surface area contributed by atoms with Crippen LogP contribution in [0.5, 0.6) is 0 Å². The maximum atomic E-state index is 8.47. The van der Waals surface area contributed by atoms with Gasteiger partial charge >= 0.3 is 0 Å². The highest BCUT2D eigenvalue weighted by molar-refractivity contribution is 8.67. The van der Waals surface area contributed by atoms with Crippen molar-refractivity contribution in [2.45, 2.75) is 6.42 Å². The van der Waals surface area contributed by atoms with Crippen molar-refractivity contribution in [2.24, 2.45) is 5.92 Å². The minimum Gasteiger partial charge on any atom is -0.240 e. The van der Waals surface area contributed by atoms with E-state index in [0.717, 1.165) is 19.5 Å². The van der Waals surface area contributed by atoms with Crippen molar-refractivity contribution in [3.8, 4) is 6.07 Å². The van der Waals surface area contributed by atoms with Crippen LogP contribution in [0.4, 0.5) is 0 Å². The first-order chi connectivity index (χ1) is 4.36. The van der Waals surface area contributed by atoms with Crippen molar-refractivity contribution in [1.29, 1.82) is 5.26 Å². The van der Waals surface area contributed by atoms with Crippen LogP contribution in [0.25, 0.3) is 0 Å². The molecule has 1 unspecified atom stereocenters.